The molecule has 0 aromatic heterocycles. The summed E-state index contributed by atoms with van der Waals surface area (Å²) >= 11 is 0. The molecule has 3 aromatic carbocycles. The van der Waals surface area contributed by atoms with Gasteiger partial charge in [0, 0.05) is 25.3 Å². The molecule has 0 spiro atoms. The van der Waals surface area contributed by atoms with Crippen LogP contribution in [0.3, 0.4) is 0 Å². The number of anilines is 1. The summed E-state index contributed by atoms with van der Waals surface area (Å²) in [6, 6.07) is 20.2. The molecule has 184 valence electrons. The number of carbonyl (C=O) groups excluding carboxylic acids is 4. The molecule has 1 aliphatic rings. The van der Waals surface area contributed by atoms with Crippen molar-refractivity contribution in [1.29, 1.82) is 0 Å². The molecule has 0 unspecified atom stereocenters. The maximum Gasteiger partial charge on any atom is 0.343 e. The molecule has 8 nitrogen and oxygen atoms in total. The fourth-order valence-electron chi connectivity index (χ4n) is 3.87. The number of carbonyl (C=O) groups is 4. The van der Waals surface area contributed by atoms with Gasteiger partial charge in [-0.05, 0) is 68.3 Å². The number of ether oxygens (including phenoxy) is 1. The summed E-state index contributed by atoms with van der Waals surface area (Å²) in [5.74, 6) is -1.16. The van der Waals surface area contributed by atoms with Crippen molar-refractivity contribution in [2.24, 2.45) is 0 Å². The van der Waals surface area contributed by atoms with E-state index < -0.39 is 11.9 Å². The minimum Gasteiger partial charge on any atom is -0.423 e. The molecule has 1 heterocycles. The van der Waals surface area contributed by atoms with Crippen LogP contribution in [0.25, 0.3) is 0 Å². The van der Waals surface area contributed by atoms with E-state index in [-0.39, 0.29) is 47.0 Å². The number of hydrogen-bond donors (Lipinski definition) is 1. The monoisotopic (exact) mass is 485 g/mol. The molecule has 3 aromatic rings. The molecule has 4 rings (SSSR count). The van der Waals surface area contributed by atoms with E-state index in [2.05, 4.69) is 5.32 Å². The van der Waals surface area contributed by atoms with E-state index in [0.717, 1.165) is 5.56 Å². The molecule has 36 heavy (non-hydrogen) atoms. The van der Waals surface area contributed by atoms with E-state index in [9.17, 15) is 19.2 Å². The van der Waals surface area contributed by atoms with Crippen LogP contribution in [0.1, 0.15) is 50.5 Å². The van der Waals surface area contributed by atoms with Gasteiger partial charge in [0.2, 0.25) is 0 Å². The number of esters is 1. The molecule has 4 amide bonds. The number of hydrogen-bond acceptors (Lipinski definition) is 5. The first-order chi connectivity index (χ1) is 17.2. The van der Waals surface area contributed by atoms with Gasteiger partial charge in [0.05, 0.1) is 16.7 Å². The number of urea groups is 1. The van der Waals surface area contributed by atoms with Crippen LogP contribution >= 0.6 is 0 Å². The predicted octanol–water partition coefficient (Wildman–Crippen LogP) is 4.30. The lowest BCUT2D eigenvalue weighted by Gasteiger charge is -2.20. The van der Waals surface area contributed by atoms with E-state index in [0.29, 0.717) is 12.1 Å². The standard InChI is InChI=1S/C28H27N3O5/c1-18(2)29-28(35)30(3)21-10-12-22(13-11-21)36-27(34)20-9-14-23-24(17-20)26(33)31(25(23)32)16-15-19-7-5-4-6-8-19/h4-14,17-18H,15-16H2,1-3H3,(H,29,35). The maximum absolute atomic E-state index is 12.9. The molecule has 0 radical (unpaired) electrons. The minimum absolute atomic E-state index is 0.00520. The van der Waals surface area contributed by atoms with Gasteiger partial charge < -0.3 is 10.1 Å². The van der Waals surface area contributed by atoms with E-state index in [1.165, 1.54) is 28.0 Å². The van der Waals surface area contributed by atoms with Crippen LogP contribution in [0.2, 0.25) is 0 Å². The van der Waals surface area contributed by atoms with E-state index in [1.807, 2.05) is 44.2 Å². The van der Waals surface area contributed by atoms with Crippen molar-refractivity contribution in [3.05, 3.63) is 95.1 Å². The summed E-state index contributed by atoms with van der Waals surface area (Å²) in [4.78, 5) is 53.2. The third-order valence-electron chi connectivity index (χ3n) is 5.82. The highest BCUT2D eigenvalue weighted by atomic mass is 16.5. The highest BCUT2D eigenvalue weighted by Crippen LogP contribution is 2.26. The van der Waals surface area contributed by atoms with Crippen molar-refractivity contribution < 1.29 is 23.9 Å². The number of benzene rings is 3. The summed E-state index contributed by atoms with van der Waals surface area (Å²) < 4.78 is 5.45. The summed E-state index contributed by atoms with van der Waals surface area (Å²) in [6.45, 7) is 4.00. The van der Waals surface area contributed by atoms with Crippen molar-refractivity contribution in [3.63, 3.8) is 0 Å². The lowest BCUT2D eigenvalue weighted by molar-refractivity contribution is 0.0655. The quantitative estimate of drug-likeness (QED) is 0.306. The molecule has 0 saturated heterocycles. The Balaban J connectivity index is 1.42. The zero-order valence-electron chi connectivity index (χ0n) is 20.4. The van der Waals surface area contributed by atoms with Gasteiger partial charge in [-0.15, -0.1) is 0 Å². The molecule has 1 N–H and O–H groups in total. The van der Waals surface area contributed by atoms with Crippen LogP contribution in [0.4, 0.5) is 10.5 Å². The Morgan fingerprint density at radius 1 is 0.917 bits per heavy atom. The lowest BCUT2D eigenvalue weighted by Crippen LogP contribution is -2.40. The number of rotatable bonds is 7. The summed E-state index contributed by atoms with van der Waals surface area (Å²) in [6.07, 6.45) is 0.547. The fraction of sp³-hybridized carbons (Fsp3) is 0.214. The van der Waals surface area contributed by atoms with Crippen LogP contribution in [-0.2, 0) is 6.42 Å². The summed E-state index contributed by atoms with van der Waals surface area (Å²) in [5, 5.41) is 2.80. The molecule has 0 saturated carbocycles. The number of imide groups is 1. The molecular weight excluding hydrogens is 458 g/mol. The van der Waals surface area contributed by atoms with Gasteiger partial charge in [0.25, 0.3) is 11.8 Å². The van der Waals surface area contributed by atoms with Gasteiger partial charge in [-0.1, -0.05) is 30.3 Å². The van der Waals surface area contributed by atoms with Crippen molar-refractivity contribution in [3.8, 4) is 5.75 Å². The zero-order chi connectivity index (χ0) is 25.8. The first-order valence-corrected chi connectivity index (χ1v) is 11.6. The van der Waals surface area contributed by atoms with Gasteiger partial charge in [-0.3, -0.25) is 19.4 Å². The average molecular weight is 486 g/mol. The number of amides is 4. The first-order valence-electron chi connectivity index (χ1n) is 11.6. The Morgan fingerprint density at radius 2 is 1.58 bits per heavy atom. The van der Waals surface area contributed by atoms with Gasteiger partial charge in [0.15, 0.2) is 0 Å². The molecule has 8 heteroatoms. The zero-order valence-corrected chi connectivity index (χ0v) is 20.4. The Bertz CT molecular complexity index is 1300. The second kappa shape index (κ2) is 10.4. The second-order valence-electron chi connectivity index (χ2n) is 8.80. The molecular formula is C28H27N3O5. The predicted molar refractivity (Wildman–Crippen MR) is 135 cm³/mol. The third-order valence-corrected chi connectivity index (χ3v) is 5.82. The Morgan fingerprint density at radius 3 is 2.25 bits per heavy atom. The van der Waals surface area contributed by atoms with Crippen molar-refractivity contribution in [2.75, 3.05) is 18.5 Å². The third kappa shape index (κ3) is 5.27. The average Bonchev–Trinajstić information content (AvgIpc) is 3.11. The summed E-state index contributed by atoms with van der Waals surface area (Å²) in [5.41, 5.74) is 2.28. The minimum atomic E-state index is -0.653. The number of fused-ring (bicyclic) bond motifs is 1. The molecule has 0 fully saturated rings. The number of nitrogens with zero attached hydrogens (tertiary/aromatic N) is 2. The van der Waals surface area contributed by atoms with Gasteiger partial charge >= 0.3 is 12.0 Å². The fourth-order valence-corrected chi connectivity index (χ4v) is 3.87. The van der Waals surface area contributed by atoms with Crippen molar-refractivity contribution in [1.82, 2.24) is 10.2 Å². The number of nitrogens with one attached hydrogen (secondary N) is 1. The van der Waals surface area contributed by atoms with Crippen LogP contribution in [0, 0.1) is 0 Å². The SMILES string of the molecule is CC(C)NC(=O)N(C)c1ccc(OC(=O)c2ccc3c(c2)C(=O)N(CCc2ccccc2)C3=O)cc1. The Kier molecular flexibility index (Phi) is 7.15. The molecule has 0 atom stereocenters. The Hall–Kier alpha value is -4.46. The van der Waals surface area contributed by atoms with Crippen molar-refractivity contribution in [2.45, 2.75) is 26.3 Å². The highest BCUT2D eigenvalue weighted by Gasteiger charge is 2.35. The normalized spacial score (nSPS) is 12.5. The van der Waals surface area contributed by atoms with Gasteiger partial charge in [-0.2, -0.15) is 0 Å². The largest absolute Gasteiger partial charge is 0.423 e. The smallest absolute Gasteiger partial charge is 0.343 e. The second-order valence-corrected chi connectivity index (χ2v) is 8.80. The lowest BCUT2D eigenvalue weighted by atomic mass is 10.1. The molecule has 0 aliphatic carbocycles. The topological polar surface area (TPSA) is 96.0 Å². The maximum atomic E-state index is 12.9. The van der Waals surface area contributed by atoms with Crippen molar-refractivity contribution >= 4 is 29.5 Å². The summed E-state index contributed by atoms with van der Waals surface area (Å²) in [7, 11) is 1.64. The van der Waals surface area contributed by atoms with Gasteiger partial charge in [-0.25, -0.2) is 9.59 Å². The molecule has 0 bridgehead atoms. The van der Waals surface area contributed by atoms with Crippen LogP contribution in [0.5, 0.6) is 5.75 Å². The van der Waals surface area contributed by atoms with Crippen LogP contribution in [-0.4, -0.2) is 48.3 Å². The van der Waals surface area contributed by atoms with Gasteiger partial charge in [0.1, 0.15) is 5.75 Å². The van der Waals surface area contributed by atoms with Crippen LogP contribution in [0.15, 0.2) is 72.8 Å². The molecule has 1 aliphatic heterocycles. The highest BCUT2D eigenvalue weighted by molar-refractivity contribution is 6.22. The Labute approximate surface area is 209 Å². The first kappa shape index (κ1) is 24.7. The van der Waals surface area contributed by atoms with Crippen LogP contribution < -0.4 is 15.0 Å². The van der Waals surface area contributed by atoms with E-state index >= 15 is 0 Å². The van der Waals surface area contributed by atoms with E-state index in [1.54, 1.807) is 31.3 Å². The van der Waals surface area contributed by atoms with E-state index in [4.69, 9.17) is 4.74 Å².